The van der Waals surface area contributed by atoms with E-state index in [2.05, 4.69) is 54.3 Å². The highest BCUT2D eigenvalue weighted by Crippen LogP contribution is 2.39. The highest BCUT2D eigenvalue weighted by atomic mass is 16.7. The normalized spacial score (nSPS) is 13.5. The van der Waals surface area contributed by atoms with Crippen molar-refractivity contribution in [3.8, 4) is 11.5 Å². The zero-order chi connectivity index (χ0) is 20.9. The summed E-state index contributed by atoms with van der Waals surface area (Å²) in [5.74, 6) is 1.54. The lowest BCUT2D eigenvalue weighted by Gasteiger charge is -2.18. The number of hydrogen-bond donors (Lipinski definition) is 1. The van der Waals surface area contributed by atoms with Crippen molar-refractivity contribution < 1.29 is 14.3 Å². The first-order chi connectivity index (χ1) is 14.7. The standard InChI is InChI=1S/C25H30N2O3/c1-3-4-5-8-13-26-25(28)15-20(18-11-12-23-24(14-18)30-17-29-23)21-16-27(2)22-10-7-6-9-19(21)22/h6-7,9-12,14,16,20H,3-5,8,13,15,17H2,1-2H3,(H,26,28). The Balaban J connectivity index is 1.61. The Kier molecular flexibility index (Phi) is 6.26. The van der Waals surface area contributed by atoms with Gasteiger partial charge in [0.1, 0.15) is 0 Å². The molecule has 1 aliphatic rings. The SMILES string of the molecule is CCCCCCNC(=O)CC(c1ccc2c(c1)OCO2)c1cn(C)c2ccccc12. The van der Waals surface area contributed by atoms with Crippen molar-refractivity contribution >= 4 is 16.8 Å². The van der Waals surface area contributed by atoms with Crippen LogP contribution in [-0.4, -0.2) is 23.8 Å². The van der Waals surface area contributed by atoms with E-state index < -0.39 is 0 Å². The van der Waals surface area contributed by atoms with Gasteiger partial charge in [0.05, 0.1) is 0 Å². The molecule has 2 heterocycles. The predicted molar refractivity (Wildman–Crippen MR) is 119 cm³/mol. The molecule has 1 aromatic heterocycles. The summed E-state index contributed by atoms with van der Waals surface area (Å²) in [4.78, 5) is 12.8. The van der Waals surface area contributed by atoms with E-state index in [0.717, 1.165) is 42.0 Å². The summed E-state index contributed by atoms with van der Waals surface area (Å²) in [5.41, 5.74) is 3.39. The third-order valence-corrected chi connectivity index (χ3v) is 5.84. The molecule has 1 aliphatic heterocycles. The number of nitrogens with one attached hydrogen (secondary N) is 1. The van der Waals surface area contributed by atoms with Crippen LogP contribution in [0.2, 0.25) is 0 Å². The summed E-state index contributed by atoms with van der Waals surface area (Å²) >= 11 is 0. The van der Waals surface area contributed by atoms with Crippen LogP contribution < -0.4 is 14.8 Å². The van der Waals surface area contributed by atoms with Crippen LogP contribution in [0.25, 0.3) is 10.9 Å². The molecule has 5 heteroatoms. The number of aryl methyl sites for hydroxylation is 1. The van der Waals surface area contributed by atoms with Crippen molar-refractivity contribution in [1.29, 1.82) is 0 Å². The molecule has 0 bridgehead atoms. The Bertz CT molecular complexity index is 1020. The van der Waals surface area contributed by atoms with Crippen molar-refractivity contribution in [1.82, 2.24) is 9.88 Å². The largest absolute Gasteiger partial charge is 0.454 e. The van der Waals surface area contributed by atoms with Crippen molar-refractivity contribution in [3.63, 3.8) is 0 Å². The zero-order valence-electron chi connectivity index (χ0n) is 17.8. The number of ether oxygens (including phenoxy) is 2. The first-order valence-electron chi connectivity index (χ1n) is 10.9. The van der Waals surface area contributed by atoms with Gasteiger partial charge in [0.2, 0.25) is 12.7 Å². The molecule has 0 fully saturated rings. The van der Waals surface area contributed by atoms with Gasteiger partial charge in [-0.1, -0.05) is 50.5 Å². The molecule has 0 saturated carbocycles. The van der Waals surface area contributed by atoms with Gasteiger partial charge in [0.15, 0.2) is 11.5 Å². The van der Waals surface area contributed by atoms with E-state index >= 15 is 0 Å². The van der Waals surface area contributed by atoms with Crippen LogP contribution in [-0.2, 0) is 11.8 Å². The number of nitrogens with zero attached hydrogens (tertiary/aromatic N) is 1. The summed E-state index contributed by atoms with van der Waals surface area (Å²) in [5, 5.41) is 4.30. The molecule has 5 nitrogen and oxygen atoms in total. The third-order valence-electron chi connectivity index (χ3n) is 5.84. The van der Waals surface area contributed by atoms with Crippen LogP contribution in [0.3, 0.4) is 0 Å². The Morgan fingerprint density at radius 1 is 1.10 bits per heavy atom. The van der Waals surface area contributed by atoms with Gasteiger partial charge in [-0.15, -0.1) is 0 Å². The van der Waals surface area contributed by atoms with E-state index in [1.54, 1.807) is 0 Å². The average molecular weight is 407 g/mol. The minimum absolute atomic E-state index is 0.0544. The van der Waals surface area contributed by atoms with Gasteiger partial charge in [0, 0.05) is 43.0 Å². The lowest BCUT2D eigenvalue weighted by molar-refractivity contribution is -0.121. The molecular weight excluding hydrogens is 376 g/mol. The first-order valence-corrected chi connectivity index (χ1v) is 10.9. The van der Waals surface area contributed by atoms with Crippen molar-refractivity contribution in [2.24, 2.45) is 7.05 Å². The van der Waals surface area contributed by atoms with Gasteiger partial charge < -0.3 is 19.4 Å². The summed E-state index contributed by atoms with van der Waals surface area (Å²) in [6, 6.07) is 14.4. The van der Waals surface area contributed by atoms with Crippen LogP contribution in [0.15, 0.2) is 48.7 Å². The maximum absolute atomic E-state index is 12.8. The van der Waals surface area contributed by atoms with Gasteiger partial charge in [-0.25, -0.2) is 0 Å². The van der Waals surface area contributed by atoms with Gasteiger partial charge >= 0.3 is 0 Å². The highest BCUT2D eigenvalue weighted by Gasteiger charge is 2.24. The Morgan fingerprint density at radius 2 is 1.93 bits per heavy atom. The smallest absolute Gasteiger partial charge is 0.231 e. The number of fused-ring (bicyclic) bond motifs is 2. The quantitative estimate of drug-likeness (QED) is 0.502. The monoisotopic (exact) mass is 406 g/mol. The van der Waals surface area contributed by atoms with E-state index in [1.807, 2.05) is 18.2 Å². The van der Waals surface area contributed by atoms with E-state index in [4.69, 9.17) is 9.47 Å². The number of rotatable bonds is 9. The maximum Gasteiger partial charge on any atom is 0.231 e. The van der Waals surface area contributed by atoms with Crippen molar-refractivity contribution in [2.45, 2.75) is 44.9 Å². The number of para-hydroxylation sites is 1. The van der Waals surface area contributed by atoms with E-state index in [1.165, 1.54) is 23.7 Å². The molecule has 4 rings (SSSR count). The number of carbonyl (C=O) groups excluding carboxylic acids is 1. The fourth-order valence-electron chi connectivity index (χ4n) is 4.23. The molecule has 1 amide bonds. The Morgan fingerprint density at radius 3 is 2.80 bits per heavy atom. The second-order valence-corrected chi connectivity index (χ2v) is 7.99. The minimum atomic E-state index is -0.0544. The molecule has 1 unspecified atom stereocenters. The number of hydrogen-bond acceptors (Lipinski definition) is 3. The van der Waals surface area contributed by atoms with E-state index in [9.17, 15) is 4.79 Å². The lowest BCUT2D eigenvalue weighted by atomic mass is 9.87. The highest BCUT2D eigenvalue weighted by molar-refractivity contribution is 5.86. The molecule has 1 atom stereocenters. The number of unbranched alkanes of at least 4 members (excludes halogenated alkanes) is 3. The molecule has 0 radical (unpaired) electrons. The van der Waals surface area contributed by atoms with E-state index in [0.29, 0.717) is 6.42 Å². The van der Waals surface area contributed by atoms with Crippen LogP contribution >= 0.6 is 0 Å². The van der Waals surface area contributed by atoms with Gasteiger partial charge in [-0.2, -0.15) is 0 Å². The van der Waals surface area contributed by atoms with Crippen LogP contribution in [0.4, 0.5) is 0 Å². The maximum atomic E-state index is 12.8. The Labute approximate surface area is 178 Å². The number of amides is 1. The molecule has 0 saturated heterocycles. The lowest BCUT2D eigenvalue weighted by Crippen LogP contribution is -2.26. The second-order valence-electron chi connectivity index (χ2n) is 7.99. The molecule has 2 aromatic carbocycles. The van der Waals surface area contributed by atoms with Crippen molar-refractivity contribution in [2.75, 3.05) is 13.3 Å². The molecule has 0 aliphatic carbocycles. The minimum Gasteiger partial charge on any atom is -0.454 e. The molecule has 3 aromatic rings. The fourth-order valence-corrected chi connectivity index (χ4v) is 4.23. The van der Waals surface area contributed by atoms with Crippen LogP contribution in [0.1, 0.15) is 56.1 Å². The summed E-state index contributed by atoms with van der Waals surface area (Å²) in [7, 11) is 2.05. The third kappa shape index (κ3) is 4.30. The Hall–Kier alpha value is -2.95. The second kappa shape index (κ2) is 9.24. The van der Waals surface area contributed by atoms with E-state index in [-0.39, 0.29) is 18.6 Å². The molecule has 0 spiro atoms. The fraction of sp³-hybridized carbons (Fsp3) is 0.400. The van der Waals surface area contributed by atoms with Crippen LogP contribution in [0, 0.1) is 0 Å². The van der Waals surface area contributed by atoms with Gasteiger partial charge in [0.25, 0.3) is 0 Å². The number of aromatic nitrogens is 1. The van der Waals surface area contributed by atoms with Crippen LogP contribution in [0.5, 0.6) is 11.5 Å². The number of carbonyl (C=O) groups is 1. The molecular formula is C25H30N2O3. The summed E-state index contributed by atoms with van der Waals surface area (Å²) in [6.45, 7) is 3.18. The molecule has 158 valence electrons. The topological polar surface area (TPSA) is 52.5 Å². The predicted octanol–water partition coefficient (Wildman–Crippen LogP) is 5.13. The summed E-state index contributed by atoms with van der Waals surface area (Å²) < 4.78 is 13.2. The average Bonchev–Trinajstić information content (AvgIpc) is 3.36. The first kappa shape index (κ1) is 20.3. The molecule has 30 heavy (non-hydrogen) atoms. The molecule has 1 N–H and O–H groups in total. The van der Waals surface area contributed by atoms with Crippen molar-refractivity contribution in [3.05, 3.63) is 59.8 Å². The van der Waals surface area contributed by atoms with Gasteiger partial charge in [-0.3, -0.25) is 4.79 Å². The van der Waals surface area contributed by atoms with Gasteiger partial charge in [-0.05, 0) is 35.7 Å². The summed E-state index contributed by atoms with van der Waals surface area (Å²) in [6.07, 6.45) is 7.15. The zero-order valence-corrected chi connectivity index (χ0v) is 17.8. The number of benzene rings is 2.